The number of ether oxygens (including phenoxy) is 1. The van der Waals surface area contributed by atoms with Gasteiger partial charge in [-0.15, -0.1) is 0 Å². The topological polar surface area (TPSA) is 79.8 Å². The van der Waals surface area contributed by atoms with Crippen LogP contribution in [0.4, 0.5) is 19.0 Å². The van der Waals surface area contributed by atoms with E-state index in [-0.39, 0.29) is 37.0 Å². The zero-order chi connectivity index (χ0) is 23.7. The number of alkyl halides is 3. The van der Waals surface area contributed by atoms with Crippen molar-refractivity contribution in [3.8, 4) is 0 Å². The number of aromatic nitrogens is 1. The van der Waals surface area contributed by atoms with Crippen LogP contribution in [0.5, 0.6) is 0 Å². The number of pyridine rings is 1. The molecule has 2 heterocycles. The molecule has 1 fully saturated rings. The van der Waals surface area contributed by atoms with Crippen LogP contribution < -0.4 is 4.90 Å². The Hall–Kier alpha value is -2.66. The number of nitrogens with zero attached hydrogens (tertiary/aromatic N) is 3. The second kappa shape index (κ2) is 9.07. The molecule has 0 bridgehead atoms. The highest BCUT2D eigenvalue weighted by Gasteiger charge is 2.34. The van der Waals surface area contributed by atoms with E-state index < -0.39 is 27.7 Å². The lowest BCUT2D eigenvalue weighted by Crippen LogP contribution is -2.53. The Kier molecular flexibility index (Phi) is 6.80. The number of anilines is 1. The standard InChI is InChI=1S/C21H24F3N3O4S/c1-14-4-6-18(10-16(14)11-20(28)31-3)32(29,30)26-8-9-27(15(2)13-26)19-7-5-17(12-25-19)21(22,23)24/h4-7,10,12,15H,8-9,11,13H2,1-3H3. The van der Waals surface area contributed by atoms with Gasteiger partial charge in [0.05, 0.1) is 24.0 Å². The Balaban J connectivity index is 1.77. The number of hydrogen-bond donors (Lipinski definition) is 0. The SMILES string of the molecule is COC(=O)Cc1cc(S(=O)(=O)N2CCN(c3ccc(C(F)(F)F)cn3)C(C)C2)ccc1C. The summed E-state index contributed by atoms with van der Waals surface area (Å²) in [4.78, 5) is 17.4. The van der Waals surface area contributed by atoms with Gasteiger partial charge in [0.15, 0.2) is 0 Å². The highest BCUT2D eigenvalue weighted by Crippen LogP contribution is 2.30. The number of sulfonamides is 1. The highest BCUT2D eigenvalue weighted by molar-refractivity contribution is 7.89. The maximum atomic E-state index is 13.2. The summed E-state index contributed by atoms with van der Waals surface area (Å²) in [6.07, 6.45) is -3.72. The molecule has 1 aromatic heterocycles. The number of hydrogen-bond acceptors (Lipinski definition) is 6. The molecule has 0 aliphatic carbocycles. The van der Waals surface area contributed by atoms with Gasteiger partial charge in [0, 0.05) is 31.9 Å². The molecule has 1 atom stereocenters. The zero-order valence-corrected chi connectivity index (χ0v) is 18.7. The van der Waals surface area contributed by atoms with Gasteiger partial charge in [0.1, 0.15) is 5.82 Å². The number of methoxy groups -OCH3 is 1. The molecule has 174 valence electrons. The first-order chi connectivity index (χ1) is 14.9. The van der Waals surface area contributed by atoms with Crippen molar-refractivity contribution in [3.05, 3.63) is 53.2 Å². The largest absolute Gasteiger partial charge is 0.469 e. The van der Waals surface area contributed by atoms with E-state index in [2.05, 4.69) is 9.72 Å². The molecule has 1 saturated heterocycles. The smallest absolute Gasteiger partial charge is 0.417 e. The predicted molar refractivity (Wildman–Crippen MR) is 112 cm³/mol. The first-order valence-corrected chi connectivity index (χ1v) is 11.3. The highest BCUT2D eigenvalue weighted by atomic mass is 32.2. The first-order valence-electron chi connectivity index (χ1n) is 9.90. The summed E-state index contributed by atoms with van der Waals surface area (Å²) in [5, 5.41) is 0. The first kappa shape index (κ1) is 24.0. The number of benzene rings is 1. The lowest BCUT2D eigenvalue weighted by Gasteiger charge is -2.40. The van der Waals surface area contributed by atoms with Crippen molar-refractivity contribution in [1.82, 2.24) is 9.29 Å². The van der Waals surface area contributed by atoms with E-state index in [9.17, 15) is 26.4 Å². The molecular weight excluding hydrogens is 447 g/mol. The van der Waals surface area contributed by atoms with Crippen LogP contribution in [0, 0.1) is 6.92 Å². The maximum absolute atomic E-state index is 13.2. The summed E-state index contributed by atoms with van der Waals surface area (Å²) in [6.45, 7) is 4.14. The second-order valence-corrected chi connectivity index (χ2v) is 9.59. The van der Waals surface area contributed by atoms with Gasteiger partial charge in [-0.05, 0) is 49.2 Å². The summed E-state index contributed by atoms with van der Waals surface area (Å²) in [7, 11) is -2.55. The fourth-order valence-electron chi connectivity index (χ4n) is 3.58. The molecule has 11 heteroatoms. The molecule has 0 radical (unpaired) electrons. The lowest BCUT2D eigenvalue weighted by molar-refractivity contribution is -0.140. The number of carbonyl (C=O) groups is 1. The van der Waals surface area contributed by atoms with Gasteiger partial charge in [-0.2, -0.15) is 17.5 Å². The molecule has 1 aliphatic rings. The van der Waals surface area contributed by atoms with Crippen molar-refractivity contribution in [2.24, 2.45) is 0 Å². The van der Waals surface area contributed by atoms with Crippen LogP contribution in [0.15, 0.2) is 41.4 Å². The van der Waals surface area contributed by atoms with E-state index in [4.69, 9.17) is 0 Å². The third-order valence-corrected chi connectivity index (χ3v) is 7.34. The number of esters is 1. The van der Waals surface area contributed by atoms with Crippen LogP contribution in [-0.4, -0.2) is 56.5 Å². The molecular formula is C21H24F3N3O4S. The molecule has 7 nitrogen and oxygen atoms in total. The van der Waals surface area contributed by atoms with Crippen molar-refractivity contribution >= 4 is 21.8 Å². The summed E-state index contributed by atoms with van der Waals surface area (Å²) in [5.74, 6) is -0.104. The van der Waals surface area contributed by atoms with Crippen LogP contribution in [0.3, 0.4) is 0 Å². The molecule has 1 unspecified atom stereocenters. The lowest BCUT2D eigenvalue weighted by atomic mass is 10.1. The Morgan fingerprint density at radius 2 is 1.94 bits per heavy atom. The summed E-state index contributed by atoms with van der Waals surface area (Å²) < 4.78 is 70.7. The van der Waals surface area contributed by atoms with Crippen molar-refractivity contribution in [1.29, 1.82) is 0 Å². The Bertz CT molecular complexity index is 1090. The fraction of sp³-hybridized carbons (Fsp3) is 0.429. The number of piperazine rings is 1. The molecule has 0 saturated carbocycles. The van der Waals surface area contributed by atoms with E-state index >= 15 is 0 Å². The van der Waals surface area contributed by atoms with Gasteiger partial charge in [0.2, 0.25) is 10.0 Å². The molecule has 1 aromatic carbocycles. The minimum absolute atomic E-state index is 0.0323. The number of rotatable bonds is 5. The Morgan fingerprint density at radius 3 is 2.50 bits per heavy atom. The van der Waals surface area contributed by atoms with E-state index in [1.54, 1.807) is 24.8 Å². The van der Waals surface area contributed by atoms with E-state index in [0.29, 0.717) is 11.4 Å². The quantitative estimate of drug-likeness (QED) is 0.624. The van der Waals surface area contributed by atoms with E-state index in [0.717, 1.165) is 17.8 Å². The third kappa shape index (κ3) is 5.04. The Morgan fingerprint density at radius 1 is 1.22 bits per heavy atom. The summed E-state index contributed by atoms with van der Waals surface area (Å²) in [6, 6.07) is 6.59. The molecule has 0 amide bonds. The van der Waals surface area contributed by atoms with Crippen molar-refractivity contribution in [2.75, 3.05) is 31.6 Å². The van der Waals surface area contributed by atoms with Gasteiger partial charge in [-0.25, -0.2) is 13.4 Å². The maximum Gasteiger partial charge on any atom is 0.417 e. The Labute approximate surface area is 184 Å². The van der Waals surface area contributed by atoms with Crippen molar-refractivity contribution in [3.63, 3.8) is 0 Å². The number of carbonyl (C=O) groups excluding carboxylic acids is 1. The molecule has 3 rings (SSSR count). The van der Waals surface area contributed by atoms with Gasteiger partial charge < -0.3 is 9.64 Å². The summed E-state index contributed by atoms with van der Waals surface area (Å²) >= 11 is 0. The van der Waals surface area contributed by atoms with Gasteiger partial charge in [-0.1, -0.05) is 6.07 Å². The molecule has 0 N–H and O–H groups in total. The van der Waals surface area contributed by atoms with E-state index in [1.165, 1.54) is 29.6 Å². The predicted octanol–water partition coefficient (Wildman–Crippen LogP) is 3.02. The average molecular weight is 472 g/mol. The molecule has 0 spiro atoms. The summed E-state index contributed by atoms with van der Waals surface area (Å²) in [5.41, 5.74) is 0.511. The number of halogens is 3. The second-order valence-electron chi connectivity index (χ2n) is 7.65. The minimum atomic E-state index is -4.47. The van der Waals surface area contributed by atoms with Crippen molar-refractivity contribution < 1.29 is 31.1 Å². The van der Waals surface area contributed by atoms with E-state index in [1.807, 2.05) is 0 Å². The zero-order valence-electron chi connectivity index (χ0n) is 17.9. The van der Waals surface area contributed by atoms with Crippen molar-refractivity contribution in [2.45, 2.75) is 37.4 Å². The molecule has 32 heavy (non-hydrogen) atoms. The average Bonchev–Trinajstić information content (AvgIpc) is 2.74. The normalized spacial score (nSPS) is 17.9. The van der Waals surface area contributed by atoms with Crippen LogP contribution in [0.1, 0.15) is 23.6 Å². The van der Waals surface area contributed by atoms with Gasteiger partial charge in [-0.3, -0.25) is 4.79 Å². The molecule has 1 aliphatic heterocycles. The van der Waals surface area contributed by atoms with Crippen LogP contribution in [0.2, 0.25) is 0 Å². The van der Waals surface area contributed by atoms with Crippen LogP contribution >= 0.6 is 0 Å². The third-order valence-electron chi connectivity index (χ3n) is 5.48. The monoisotopic (exact) mass is 471 g/mol. The fourth-order valence-corrected chi connectivity index (χ4v) is 5.15. The minimum Gasteiger partial charge on any atom is -0.469 e. The van der Waals surface area contributed by atoms with Crippen LogP contribution in [-0.2, 0) is 32.2 Å². The molecule has 2 aromatic rings. The van der Waals surface area contributed by atoms with Gasteiger partial charge >= 0.3 is 12.1 Å². The van der Waals surface area contributed by atoms with Gasteiger partial charge in [0.25, 0.3) is 0 Å². The van der Waals surface area contributed by atoms with Crippen LogP contribution in [0.25, 0.3) is 0 Å². The number of aryl methyl sites for hydroxylation is 1.